The number of hydrogen-bond donors (Lipinski definition) is 0. The molecule has 0 aliphatic heterocycles. The van der Waals surface area contributed by atoms with E-state index < -0.39 is 10.1 Å². The molecule has 0 heterocycles. The van der Waals surface area contributed by atoms with E-state index in [1.807, 2.05) is 6.07 Å². The molecule has 0 amide bonds. The Morgan fingerprint density at radius 3 is 2.71 bits per heavy atom. The van der Waals surface area contributed by atoms with Crippen molar-refractivity contribution in [2.45, 2.75) is 6.92 Å². The van der Waals surface area contributed by atoms with Crippen molar-refractivity contribution in [1.29, 1.82) is 0 Å². The Morgan fingerprint density at radius 2 is 2.12 bits per heavy atom. The zero-order valence-corrected chi connectivity index (χ0v) is 11.9. The summed E-state index contributed by atoms with van der Waals surface area (Å²) < 4.78 is 33.2. The van der Waals surface area contributed by atoms with Crippen LogP contribution >= 0.6 is 15.9 Å². The SMILES string of the molecule is CCOS(=O)(=O)C=Cc1cc(Br)ccc1OC. The molecule has 1 aromatic rings. The fourth-order valence-corrected chi connectivity index (χ4v) is 2.29. The highest BCUT2D eigenvalue weighted by Gasteiger charge is 2.06. The predicted molar refractivity (Wildman–Crippen MR) is 70.3 cm³/mol. The number of rotatable bonds is 5. The van der Waals surface area contributed by atoms with Crippen molar-refractivity contribution >= 4 is 32.1 Å². The fraction of sp³-hybridized carbons (Fsp3) is 0.273. The first-order valence-corrected chi connectivity index (χ1v) is 7.16. The van der Waals surface area contributed by atoms with Gasteiger partial charge in [-0.3, -0.25) is 4.18 Å². The molecule has 0 radical (unpaired) electrons. The third-order valence-corrected chi connectivity index (χ3v) is 3.42. The fourth-order valence-electron chi connectivity index (χ4n) is 1.20. The third kappa shape index (κ3) is 4.49. The van der Waals surface area contributed by atoms with Crippen molar-refractivity contribution in [3.63, 3.8) is 0 Å². The van der Waals surface area contributed by atoms with Crippen LogP contribution in [0.25, 0.3) is 6.08 Å². The van der Waals surface area contributed by atoms with Gasteiger partial charge in [0.05, 0.1) is 19.1 Å². The predicted octanol–water partition coefficient (Wildman–Crippen LogP) is 2.79. The molecule has 0 saturated heterocycles. The Balaban J connectivity index is 3.02. The van der Waals surface area contributed by atoms with E-state index in [4.69, 9.17) is 4.74 Å². The second kappa shape index (κ2) is 6.18. The van der Waals surface area contributed by atoms with Crippen LogP contribution in [0.5, 0.6) is 5.75 Å². The van der Waals surface area contributed by atoms with E-state index in [-0.39, 0.29) is 6.61 Å². The van der Waals surface area contributed by atoms with Crippen LogP contribution in [-0.2, 0) is 14.3 Å². The Labute approximate surface area is 109 Å². The summed E-state index contributed by atoms with van der Waals surface area (Å²) in [6, 6.07) is 5.32. The van der Waals surface area contributed by atoms with Gasteiger partial charge in [-0.2, -0.15) is 8.42 Å². The minimum Gasteiger partial charge on any atom is -0.496 e. The number of hydrogen-bond acceptors (Lipinski definition) is 4. The van der Waals surface area contributed by atoms with Crippen molar-refractivity contribution in [2.24, 2.45) is 0 Å². The van der Waals surface area contributed by atoms with Crippen molar-refractivity contribution in [1.82, 2.24) is 0 Å². The van der Waals surface area contributed by atoms with E-state index in [1.54, 1.807) is 19.1 Å². The first kappa shape index (κ1) is 14.2. The quantitative estimate of drug-likeness (QED) is 0.783. The van der Waals surface area contributed by atoms with E-state index in [1.165, 1.54) is 13.2 Å². The lowest BCUT2D eigenvalue weighted by atomic mass is 10.2. The third-order valence-electron chi connectivity index (χ3n) is 1.89. The molecular weight excluding hydrogens is 308 g/mol. The molecule has 0 atom stereocenters. The van der Waals surface area contributed by atoms with Crippen LogP contribution in [-0.4, -0.2) is 22.1 Å². The van der Waals surface area contributed by atoms with Crippen molar-refractivity contribution in [3.05, 3.63) is 33.6 Å². The van der Waals surface area contributed by atoms with Crippen LogP contribution < -0.4 is 4.74 Å². The molecular formula is C11H13BrO4S. The Bertz CT molecular complexity index is 508. The molecule has 0 spiro atoms. The van der Waals surface area contributed by atoms with Crippen molar-refractivity contribution < 1.29 is 17.3 Å². The van der Waals surface area contributed by atoms with E-state index in [9.17, 15) is 8.42 Å². The van der Waals surface area contributed by atoms with Gasteiger partial charge in [0, 0.05) is 10.0 Å². The summed E-state index contributed by atoms with van der Waals surface area (Å²) in [6.45, 7) is 1.73. The molecule has 0 aliphatic carbocycles. The summed E-state index contributed by atoms with van der Waals surface area (Å²) in [5, 5.41) is 1.01. The number of benzene rings is 1. The topological polar surface area (TPSA) is 52.6 Å². The average Bonchev–Trinajstić information content (AvgIpc) is 2.27. The Kier molecular flexibility index (Phi) is 5.17. The normalized spacial score (nSPS) is 11.9. The average molecular weight is 321 g/mol. The molecule has 1 rings (SSSR count). The standard InChI is InChI=1S/C11H13BrO4S/c1-3-16-17(13,14)7-6-9-8-10(12)4-5-11(9)15-2/h4-8H,3H2,1-2H3. The van der Waals surface area contributed by atoms with Gasteiger partial charge in [0.25, 0.3) is 10.1 Å². The molecule has 4 nitrogen and oxygen atoms in total. The maximum Gasteiger partial charge on any atom is 0.290 e. The largest absolute Gasteiger partial charge is 0.496 e. The summed E-state index contributed by atoms with van der Waals surface area (Å²) in [6.07, 6.45) is 1.44. The van der Waals surface area contributed by atoms with Crippen molar-refractivity contribution in [2.75, 3.05) is 13.7 Å². The first-order valence-electron chi connectivity index (χ1n) is 4.89. The van der Waals surface area contributed by atoms with E-state index in [2.05, 4.69) is 20.1 Å². The van der Waals surface area contributed by atoms with Crippen LogP contribution in [0.15, 0.2) is 28.1 Å². The minimum absolute atomic E-state index is 0.113. The van der Waals surface area contributed by atoms with Gasteiger partial charge >= 0.3 is 0 Å². The zero-order valence-electron chi connectivity index (χ0n) is 9.51. The first-order chi connectivity index (χ1) is 7.98. The molecule has 6 heteroatoms. The number of ether oxygens (including phenoxy) is 1. The molecule has 0 N–H and O–H groups in total. The number of halogens is 1. The maximum atomic E-state index is 11.3. The molecule has 94 valence electrons. The highest BCUT2D eigenvalue weighted by atomic mass is 79.9. The highest BCUT2D eigenvalue weighted by Crippen LogP contribution is 2.24. The van der Waals surface area contributed by atoms with Gasteiger partial charge in [0.15, 0.2) is 0 Å². The maximum absolute atomic E-state index is 11.3. The lowest BCUT2D eigenvalue weighted by molar-refractivity contribution is 0.345. The summed E-state index contributed by atoms with van der Waals surface area (Å²) in [5.74, 6) is 0.594. The molecule has 0 bridgehead atoms. The van der Waals surface area contributed by atoms with Crippen molar-refractivity contribution in [3.8, 4) is 5.75 Å². The molecule has 0 fully saturated rings. The van der Waals surface area contributed by atoms with E-state index in [0.29, 0.717) is 11.3 Å². The van der Waals surface area contributed by atoms with Crippen LogP contribution in [0, 0.1) is 0 Å². The monoisotopic (exact) mass is 320 g/mol. The summed E-state index contributed by atoms with van der Waals surface area (Å²) in [5.41, 5.74) is 0.658. The van der Waals surface area contributed by atoms with Crippen LogP contribution in [0.1, 0.15) is 12.5 Å². The second-order valence-corrected chi connectivity index (χ2v) is 5.50. The van der Waals surface area contributed by atoms with E-state index in [0.717, 1.165) is 9.88 Å². The van der Waals surface area contributed by atoms with Gasteiger partial charge in [-0.1, -0.05) is 15.9 Å². The second-order valence-electron chi connectivity index (χ2n) is 3.09. The molecule has 1 aromatic carbocycles. The zero-order chi connectivity index (χ0) is 12.9. The van der Waals surface area contributed by atoms with Gasteiger partial charge in [-0.25, -0.2) is 0 Å². The molecule has 0 unspecified atom stereocenters. The minimum atomic E-state index is -3.62. The summed E-state index contributed by atoms with van der Waals surface area (Å²) >= 11 is 3.31. The summed E-state index contributed by atoms with van der Waals surface area (Å²) in [4.78, 5) is 0. The van der Waals surface area contributed by atoms with Gasteiger partial charge in [-0.05, 0) is 31.2 Å². The van der Waals surface area contributed by atoms with Gasteiger partial charge < -0.3 is 4.74 Å². The Hall–Kier alpha value is -0.850. The van der Waals surface area contributed by atoms with Crippen LogP contribution in [0.3, 0.4) is 0 Å². The van der Waals surface area contributed by atoms with Gasteiger partial charge in [0.2, 0.25) is 0 Å². The molecule has 0 saturated carbocycles. The van der Waals surface area contributed by atoms with Crippen LogP contribution in [0.4, 0.5) is 0 Å². The smallest absolute Gasteiger partial charge is 0.290 e. The van der Waals surface area contributed by atoms with Gasteiger partial charge in [-0.15, -0.1) is 0 Å². The lowest BCUT2D eigenvalue weighted by Gasteiger charge is -2.04. The molecule has 0 aromatic heterocycles. The summed E-state index contributed by atoms with van der Waals surface area (Å²) in [7, 11) is -2.09. The molecule has 0 aliphatic rings. The lowest BCUT2D eigenvalue weighted by Crippen LogP contribution is -2.00. The molecule has 17 heavy (non-hydrogen) atoms. The van der Waals surface area contributed by atoms with Gasteiger partial charge in [0.1, 0.15) is 5.75 Å². The number of methoxy groups -OCH3 is 1. The highest BCUT2D eigenvalue weighted by molar-refractivity contribution is 9.10. The van der Waals surface area contributed by atoms with E-state index >= 15 is 0 Å². The Morgan fingerprint density at radius 1 is 1.41 bits per heavy atom. The van der Waals surface area contributed by atoms with Crippen LogP contribution in [0.2, 0.25) is 0 Å².